The molecule has 0 aliphatic carbocycles. The second-order valence-corrected chi connectivity index (χ2v) is 6.20. The standard InChI is InChI=1S/C9H5Cl2IS/c10-4-7-6-2-1-5(11)3-8(6)13-9(7)12/h1-3H,4H2. The summed E-state index contributed by atoms with van der Waals surface area (Å²) < 4.78 is 2.47. The molecule has 0 bridgehead atoms. The minimum absolute atomic E-state index is 0.569. The van der Waals surface area contributed by atoms with Crippen LogP contribution in [-0.4, -0.2) is 0 Å². The van der Waals surface area contributed by atoms with Gasteiger partial charge in [0.05, 0.1) is 2.88 Å². The highest BCUT2D eigenvalue weighted by Crippen LogP contribution is 2.34. The molecular weight excluding hydrogens is 338 g/mol. The van der Waals surface area contributed by atoms with Crippen LogP contribution in [0.25, 0.3) is 10.1 Å². The maximum Gasteiger partial charge on any atom is 0.0710 e. The van der Waals surface area contributed by atoms with Gasteiger partial charge in [0.15, 0.2) is 0 Å². The zero-order chi connectivity index (χ0) is 9.42. The van der Waals surface area contributed by atoms with Crippen molar-refractivity contribution < 1.29 is 0 Å². The van der Waals surface area contributed by atoms with Crippen molar-refractivity contribution in [1.29, 1.82) is 0 Å². The van der Waals surface area contributed by atoms with Gasteiger partial charge in [-0.05, 0) is 45.7 Å². The smallest absolute Gasteiger partial charge is 0.0710 e. The Morgan fingerprint density at radius 1 is 1.38 bits per heavy atom. The third kappa shape index (κ3) is 1.82. The van der Waals surface area contributed by atoms with Gasteiger partial charge in [-0.1, -0.05) is 17.7 Å². The van der Waals surface area contributed by atoms with E-state index in [1.165, 1.54) is 18.5 Å². The normalized spacial score (nSPS) is 11.0. The second kappa shape index (κ2) is 3.93. The molecule has 0 radical (unpaired) electrons. The van der Waals surface area contributed by atoms with Crippen LogP contribution < -0.4 is 0 Å². The van der Waals surface area contributed by atoms with Gasteiger partial charge >= 0.3 is 0 Å². The molecule has 1 aromatic carbocycles. The van der Waals surface area contributed by atoms with E-state index in [0.717, 1.165) is 5.02 Å². The van der Waals surface area contributed by atoms with Gasteiger partial charge in [0.2, 0.25) is 0 Å². The molecule has 0 saturated carbocycles. The fourth-order valence-corrected chi connectivity index (χ4v) is 4.22. The molecule has 0 aliphatic rings. The Kier molecular flexibility index (Phi) is 3.03. The van der Waals surface area contributed by atoms with Crippen LogP contribution in [0, 0.1) is 2.88 Å². The van der Waals surface area contributed by atoms with Gasteiger partial charge in [-0.25, -0.2) is 0 Å². The van der Waals surface area contributed by atoms with Crippen LogP contribution in [0.3, 0.4) is 0 Å². The highest BCUT2D eigenvalue weighted by molar-refractivity contribution is 14.1. The number of alkyl halides is 1. The lowest BCUT2D eigenvalue weighted by molar-refractivity contribution is 1.47. The Morgan fingerprint density at radius 2 is 2.15 bits per heavy atom. The third-order valence-electron chi connectivity index (χ3n) is 1.84. The van der Waals surface area contributed by atoms with Crippen molar-refractivity contribution in [2.45, 2.75) is 5.88 Å². The molecule has 1 aromatic heterocycles. The summed E-state index contributed by atoms with van der Waals surface area (Å²) in [6.45, 7) is 0. The Morgan fingerprint density at radius 3 is 2.85 bits per heavy atom. The number of hydrogen-bond donors (Lipinski definition) is 0. The van der Waals surface area contributed by atoms with Crippen LogP contribution in [0.2, 0.25) is 5.02 Å². The first-order valence-electron chi connectivity index (χ1n) is 3.65. The minimum atomic E-state index is 0.569. The topological polar surface area (TPSA) is 0 Å². The fourth-order valence-electron chi connectivity index (χ4n) is 1.22. The van der Waals surface area contributed by atoms with E-state index in [9.17, 15) is 0 Å². The first-order chi connectivity index (χ1) is 6.22. The van der Waals surface area contributed by atoms with E-state index in [4.69, 9.17) is 23.2 Å². The van der Waals surface area contributed by atoms with Crippen molar-refractivity contribution >= 4 is 67.2 Å². The molecule has 0 amide bonds. The predicted molar refractivity (Wildman–Crippen MR) is 69.1 cm³/mol. The second-order valence-electron chi connectivity index (χ2n) is 2.63. The Bertz CT molecular complexity index is 450. The molecule has 0 saturated heterocycles. The molecule has 4 heteroatoms. The van der Waals surface area contributed by atoms with E-state index >= 15 is 0 Å². The summed E-state index contributed by atoms with van der Waals surface area (Å²) in [5, 5.41) is 2.01. The summed E-state index contributed by atoms with van der Waals surface area (Å²) in [4.78, 5) is 0. The van der Waals surface area contributed by atoms with Gasteiger partial charge in [-0.2, -0.15) is 0 Å². The SMILES string of the molecule is ClCc1c(I)sc2cc(Cl)ccc12. The summed E-state index contributed by atoms with van der Waals surface area (Å²) >= 11 is 15.8. The zero-order valence-corrected chi connectivity index (χ0v) is 11.0. The molecule has 0 fully saturated rings. The molecule has 0 aliphatic heterocycles. The molecule has 2 aromatic rings. The molecule has 2 rings (SSSR count). The molecule has 13 heavy (non-hydrogen) atoms. The lowest BCUT2D eigenvalue weighted by Gasteiger charge is -1.93. The molecule has 0 N–H and O–H groups in total. The van der Waals surface area contributed by atoms with Crippen LogP contribution >= 0.6 is 57.1 Å². The maximum absolute atomic E-state index is 5.89. The van der Waals surface area contributed by atoms with Crippen molar-refractivity contribution in [3.05, 3.63) is 31.7 Å². The first kappa shape index (κ1) is 10.0. The van der Waals surface area contributed by atoms with Crippen LogP contribution in [0.5, 0.6) is 0 Å². The van der Waals surface area contributed by atoms with Gasteiger partial charge in [-0.3, -0.25) is 0 Å². The molecule has 0 nitrogen and oxygen atoms in total. The highest BCUT2D eigenvalue weighted by Gasteiger charge is 2.08. The Balaban J connectivity index is 2.79. The number of halogens is 3. The minimum Gasteiger partial charge on any atom is -0.129 e. The van der Waals surface area contributed by atoms with E-state index in [1.54, 1.807) is 11.3 Å². The fraction of sp³-hybridized carbons (Fsp3) is 0.111. The van der Waals surface area contributed by atoms with E-state index in [2.05, 4.69) is 22.6 Å². The van der Waals surface area contributed by atoms with Crippen LogP contribution in [0.15, 0.2) is 18.2 Å². The van der Waals surface area contributed by atoms with Crippen molar-refractivity contribution in [3.63, 3.8) is 0 Å². The van der Waals surface area contributed by atoms with Gasteiger partial charge in [-0.15, -0.1) is 22.9 Å². The zero-order valence-electron chi connectivity index (χ0n) is 6.48. The van der Waals surface area contributed by atoms with E-state index < -0.39 is 0 Å². The van der Waals surface area contributed by atoms with Crippen LogP contribution in [0.4, 0.5) is 0 Å². The number of thiophene rings is 1. The summed E-state index contributed by atoms with van der Waals surface area (Å²) in [6.07, 6.45) is 0. The van der Waals surface area contributed by atoms with E-state index in [1.807, 2.05) is 18.2 Å². The third-order valence-corrected chi connectivity index (χ3v) is 4.64. The average Bonchev–Trinajstić information content (AvgIpc) is 2.39. The van der Waals surface area contributed by atoms with Gasteiger partial charge in [0.25, 0.3) is 0 Å². The summed E-state index contributed by atoms with van der Waals surface area (Å²) in [5.41, 5.74) is 1.22. The number of benzene rings is 1. The Labute approximate surface area is 104 Å². The van der Waals surface area contributed by atoms with Crippen molar-refractivity contribution in [3.8, 4) is 0 Å². The molecule has 0 atom stereocenters. The van der Waals surface area contributed by atoms with Crippen LogP contribution in [-0.2, 0) is 5.88 Å². The van der Waals surface area contributed by atoms with Gasteiger partial charge in [0, 0.05) is 15.6 Å². The van der Waals surface area contributed by atoms with E-state index in [0.29, 0.717) is 5.88 Å². The molecule has 1 heterocycles. The average molecular weight is 343 g/mol. The summed E-state index contributed by atoms with van der Waals surface area (Å²) in [7, 11) is 0. The first-order valence-corrected chi connectivity index (χ1v) is 6.45. The maximum atomic E-state index is 5.89. The molecule has 0 unspecified atom stereocenters. The van der Waals surface area contributed by atoms with Gasteiger partial charge < -0.3 is 0 Å². The van der Waals surface area contributed by atoms with Gasteiger partial charge in [0.1, 0.15) is 0 Å². The lowest BCUT2D eigenvalue weighted by atomic mass is 10.2. The van der Waals surface area contributed by atoms with Crippen molar-refractivity contribution in [1.82, 2.24) is 0 Å². The van der Waals surface area contributed by atoms with Crippen LogP contribution in [0.1, 0.15) is 5.56 Å². The molecule has 68 valence electrons. The number of hydrogen-bond acceptors (Lipinski definition) is 1. The highest BCUT2D eigenvalue weighted by atomic mass is 127. The van der Waals surface area contributed by atoms with Crippen molar-refractivity contribution in [2.75, 3.05) is 0 Å². The summed E-state index contributed by atoms with van der Waals surface area (Å²) in [6, 6.07) is 5.93. The molecular formula is C9H5Cl2IS. The quantitative estimate of drug-likeness (QED) is 0.511. The predicted octanol–water partition coefficient (Wildman–Crippen LogP) is 4.90. The lowest BCUT2D eigenvalue weighted by Crippen LogP contribution is -1.75. The molecule has 0 spiro atoms. The number of rotatable bonds is 1. The van der Waals surface area contributed by atoms with Crippen molar-refractivity contribution in [2.24, 2.45) is 0 Å². The summed E-state index contributed by atoms with van der Waals surface area (Å²) in [5.74, 6) is 0.569. The largest absolute Gasteiger partial charge is 0.129 e. The number of fused-ring (bicyclic) bond motifs is 1. The van der Waals surface area contributed by atoms with E-state index in [-0.39, 0.29) is 0 Å². The monoisotopic (exact) mass is 342 g/mol. The Hall–Kier alpha value is 0.490.